The molecule has 0 amide bonds. The third kappa shape index (κ3) is 82.6. The monoisotopic (exact) mass is 366 g/mol. The molecule has 0 rings (SSSR count). The Kier molecular flexibility index (Phi) is 44.4. The van der Waals surface area contributed by atoms with Crippen LogP contribution in [0.25, 0.3) is 0 Å². The Morgan fingerprint density at radius 2 is 1.08 bits per heavy atom. The molecule has 156 valence electrons. The quantitative estimate of drug-likeness (QED) is 0.395. The maximum atomic E-state index is 10.1. The van der Waals surface area contributed by atoms with Gasteiger partial charge in [0, 0.05) is 25.7 Å². The Hall–Kier alpha value is -0.650. The van der Waals surface area contributed by atoms with Gasteiger partial charge in [-0.3, -0.25) is 4.79 Å². The molecule has 0 unspecified atom stereocenters. The summed E-state index contributed by atoms with van der Waals surface area (Å²) in [4.78, 5) is 10.1. The summed E-state index contributed by atoms with van der Waals surface area (Å²) in [7, 11) is 0. The summed E-state index contributed by atoms with van der Waals surface area (Å²) in [6, 6.07) is 0. The van der Waals surface area contributed by atoms with E-state index in [2.05, 4.69) is 13.8 Å². The van der Waals surface area contributed by atoms with Gasteiger partial charge in [0.15, 0.2) is 0 Å². The summed E-state index contributed by atoms with van der Waals surface area (Å²) in [5.41, 5.74) is 0. The second kappa shape index (κ2) is 34.6. The highest BCUT2D eigenvalue weighted by Gasteiger charge is 1.95. The molecule has 0 fully saturated rings. The number of carbonyl (C=O) groups is 1. The highest BCUT2D eigenvalue weighted by Crippen LogP contribution is 2.07. The Bertz CT molecular complexity index is 202. The van der Waals surface area contributed by atoms with Gasteiger partial charge in [0.05, 0.1) is 0 Å². The van der Waals surface area contributed by atoms with Gasteiger partial charge in [0.25, 0.3) is 0 Å². The zero-order valence-electron chi connectivity index (χ0n) is 17.5. The summed E-state index contributed by atoms with van der Waals surface area (Å²) in [5, 5.41) is 32.4. The fraction of sp³-hybridized carbons (Fsp3) is 0.950. The van der Waals surface area contributed by atoms with E-state index in [1.807, 2.05) is 6.92 Å². The lowest BCUT2D eigenvalue weighted by atomic mass is 10.1. The van der Waals surface area contributed by atoms with E-state index < -0.39 is 5.97 Å². The normalized spacial score (nSPS) is 9.16. The first-order valence-corrected chi connectivity index (χ1v) is 9.95. The molecule has 25 heavy (non-hydrogen) atoms. The fourth-order valence-electron chi connectivity index (χ4n) is 1.39. The van der Waals surface area contributed by atoms with Crippen LogP contribution in [-0.2, 0) is 4.79 Å². The Morgan fingerprint density at radius 3 is 1.32 bits per heavy atom. The van der Waals surface area contributed by atoms with E-state index in [9.17, 15) is 4.79 Å². The second-order valence-corrected chi connectivity index (χ2v) is 6.16. The van der Waals surface area contributed by atoms with Crippen molar-refractivity contribution in [1.82, 2.24) is 0 Å². The maximum Gasteiger partial charge on any atom is 0.303 e. The van der Waals surface area contributed by atoms with E-state index in [1.54, 1.807) is 13.8 Å². The number of rotatable bonds is 11. The predicted molar refractivity (Wildman–Crippen MR) is 107 cm³/mol. The molecule has 0 aliphatic heterocycles. The minimum Gasteiger partial charge on any atom is -0.481 e. The van der Waals surface area contributed by atoms with Gasteiger partial charge in [-0.05, 0) is 33.1 Å². The van der Waals surface area contributed by atoms with Crippen molar-refractivity contribution in [3.63, 3.8) is 0 Å². The fourth-order valence-corrected chi connectivity index (χ4v) is 1.39. The molecule has 0 aromatic rings. The largest absolute Gasteiger partial charge is 0.481 e. The number of aliphatic hydroxyl groups excluding tert-OH is 3. The molecule has 4 N–H and O–H groups in total. The van der Waals surface area contributed by atoms with Crippen LogP contribution in [0, 0.1) is 0 Å². The number of aliphatic carboxylic acids is 1. The third-order valence-corrected chi connectivity index (χ3v) is 2.73. The number of hydrogen-bond acceptors (Lipinski definition) is 4. The Labute approximate surface area is 156 Å². The molecule has 0 saturated heterocycles. The summed E-state index contributed by atoms with van der Waals surface area (Å²) >= 11 is 0. The van der Waals surface area contributed by atoms with Crippen LogP contribution in [0.15, 0.2) is 0 Å². The lowest BCUT2D eigenvalue weighted by Gasteiger charge is -1.98. The van der Waals surface area contributed by atoms with Crippen molar-refractivity contribution in [2.75, 3.05) is 13.2 Å². The van der Waals surface area contributed by atoms with Gasteiger partial charge < -0.3 is 20.4 Å². The molecule has 0 bridgehead atoms. The van der Waals surface area contributed by atoms with E-state index >= 15 is 0 Å². The van der Waals surface area contributed by atoms with E-state index in [1.165, 1.54) is 32.1 Å². The molecule has 0 spiro atoms. The maximum absolute atomic E-state index is 10.1. The smallest absolute Gasteiger partial charge is 0.303 e. The number of unbranched alkanes of at least 4 members (excludes halogenated alkanes) is 7. The second-order valence-electron chi connectivity index (χ2n) is 6.16. The molecular formula is C20H46O5. The summed E-state index contributed by atoms with van der Waals surface area (Å²) in [6.45, 7) is 10.3. The van der Waals surface area contributed by atoms with E-state index in [-0.39, 0.29) is 6.10 Å². The van der Waals surface area contributed by atoms with E-state index in [0.29, 0.717) is 19.6 Å². The first-order chi connectivity index (χ1) is 11.8. The summed E-state index contributed by atoms with van der Waals surface area (Å²) < 4.78 is 0. The predicted octanol–water partition coefficient (Wildman–Crippen LogP) is 4.77. The van der Waals surface area contributed by atoms with Crippen LogP contribution in [0.5, 0.6) is 0 Å². The van der Waals surface area contributed by atoms with Crippen LogP contribution in [0.4, 0.5) is 0 Å². The number of carboxylic acid groups (broad SMARTS) is 1. The van der Waals surface area contributed by atoms with E-state index in [4.69, 9.17) is 20.4 Å². The van der Waals surface area contributed by atoms with Gasteiger partial charge in [-0.25, -0.2) is 0 Å². The van der Waals surface area contributed by atoms with E-state index in [0.717, 1.165) is 32.1 Å². The van der Waals surface area contributed by atoms with Gasteiger partial charge in [-0.2, -0.15) is 0 Å². The highest BCUT2D eigenvalue weighted by molar-refractivity contribution is 5.66. The van der Waals surface area contributed by atoms with Gasteiger partial charge in [0.2, 0.25) is 0 Å². The first-order valence-electron chi connectivity index (χ1n) is 9.95. The molecule has 0 aliphatic carbocycles. The van der Waals surface area contributed by atoms with Crippen LogP contribution in [0.2, 0.25) is 0 Å². The SMILES string of the molecule is CC(C)O.CCCCCCCCCC(=O)O.CCCCO.CCCO. The minimum absolute atomic E-state index is 0.167. The van der Waals surface area contributed by atoms with Crippen LogP contribution in [0.1, 0.15) is 105 Å². The van der Waals surface area contributed by atoms with Gasteiger partial charge >= 0.3 is 5.97 Å². The highest BCUT2D eigenvalue weighted by atomic mass is 16.4. The molecule has 5 heteroatoms. The molecule has 0 heterocycles. The van der Waals surface area contributed by atoms with Gasteiger partial charge in [-0.15, -0.1) is 0 Å². The topological polar surface area (TPSA) is 98.0 Å². The Balaban J connectivity index is -0.000000140. The minimum atomic E-state index is -0.663. The number of hydrogen-bond donors (Lipinski definition) is 4. The lowest BCUT2D eigenvalue weighted by Crippen LogP contribution is -1.93. The molecular weight excluding hydrogens is 320 g/mol. The zero-order valence-corrected chi connectivity index (χ0v) is 17.5. The average molecular weight is 367 g/mol. The van der Waals surface area contributed by atoms with Crippen molar-refractivity contribution < 1.29 is 25.2 Å². The van der Waals surface area contributed by atoms with Crippen LogP contribution >= 0.6 is 0 Å². The Morgan fingerprint density at radius 1 is 0.720 bits per heavy atom. The standard InChI is InChI=1S/C10H20O2.C4H10O.2C3H8O/c1-2-3-4-5-6-7-8-9-10(11)12;1-2-3-4-5;1-3(2)4;1-2-3-4/h2-9H2,1H3,(H,11,12);5H,2-4H2,1H3;3-4H,1-2H3;4H,2-3H2,1H3. The van der Waals surface area contributed by atoms with Crippen LogP contribution in [-0.4, -0.2) is 45.7 Å². The lowest BCUT2D eigenvalue weighted by molar-refractivity contribution is -0.137. The number of carboxylic acids is 1. The zero-order chi connectivity index (χ0) is 20.3. The average Bonchev–Trinajstić information content (AvgIpc) is 2.55. The molecule has 0 aliphatic rings. The third-order valence-electron chi connectivity index (χ3n) is 2.73. The molecule has 5 nitrogen and oxygen atoms in total. The van der Waals surface area contributed by atoms with Crippen LogP contribution in [0.3, 0.4) is 0 Å². The molecule has 0 atom stereocenters. The van der Waals surface area contributed by atoms with Gasteiger partial charge in [0.1, 0.15) is 0 Å². The molecule has 0 aromatic heterocycles. The van der Waals surface area contributed by atoms with Gasteiger partial charge in [-0.1, -0.05) is 65.7 Å². The van der Waals surface area contributed by atoms with Crippen LogP contribution < -0.4 is 0 Å². The van der Waals surface area contributed by atoms with Crippen molar-refractivity contribution >= 4 is 5.97 Å². The van der Waals surface area contributed by atoms with Crippen molar-refractivity contribution in [2.24, 2.45) is 0 Å². The molecule has 0 aromatic carbocycles. The first kappa shape index (κ1) is 32.1. The molecule has 0 saturated carbocycles. The summed E-state index contributed by atoms with van der Waals surface area (Å²) in [6.07, 6.45) is 11.4. The van der Waals surface area contributed by atoms with Crippen molar-refractivity contribution in [3.05, 3.63) is 0 Å². The molecule has 0 radical (unpaired) electrons. The van der Waals surface area contributed by atoms with Crippen molar-refractivity contribution in [3.8, 4) is 0 Å². The summed E-state index contributed by atoms with van der Waals surface area (Å²) in [5.74, 6) is -0.663. The van der Waals surface area contributed by atoms with Crippen molar-refractivity contribution in [2.45, 2.75) is 111 Å². The van der Waals surface area contributed by atoms with Crippen molar-refractivity contribution in [1.29, 1.82) is 0 Å². The number of aliphatic hydroxyl groups is 3.